The molecule has 2 N–H and O–H groups in total. The zero-order chi connectivity index (χ0) is 20.3. The number of para-hydroxylation sites is 1. The third-order valence-electron chi connectivity index (χ3n) is 3.72. The SMILES string of the molecule is O=C(COC(=O)c1cc(=O)c2ccccc2[nH]1)Nc1ccc(Cl)cc1[N+](=O)[O-]. The van der Waals surface area contributed by atoms with Crippen molar-refractivity contribution in [2.45, 2.75) is 0 Å². The number of nitrogens with one attached hydrogen (secondary N) is 2. The molecule has 0 spiro atoms. The monoisotopic (exact) mass is 401 g/mol. The highest BCUT2D eigenvalue weighted by Crippen LogP contribution is 2.27. The van der Waals surface area contributed by atoms with E-state index in [1.807, 2.05) is 0 Å². The first-order valence-electron chi connectivity index (χ1n) is 7.88. The van der Waals surface area contributed by atoms with Crippen molar-refractivity contribution in [2.24, 2.45) is 0 Å². The van der Waals surface area contributed by atoms with Crippen LogP contribution in [0, 0.1) is 10.1 Å². The van der Waals surface area contributed by atoms with Crippen molar-refractivity contribution in [3.63, 3.8) is 0 Å². The Morgan fingerprint density at radius 2 is 1.93 bits per heavy atom. The van der Waals surface area contributed by atoms with E-state index in [-0.39, 0.29) is 21.8 Å². The van der Waals surface area contributed by atoms with E-state index in [1.165, 1.54) is 12.1 Å². The number of carbonyl (C=O) groups excluding carboxylic acids is 2. The van der Waals surface area contributed by atoms with Crippen LogP contribution >= 0.6 is 11.6 Å². The van der Waals surface area contributed by atoms with Crippen LogP contribution in [0.25, 0.3) is 10.9 Å². The third kappa shape index (κ3) is 4.15. The predicted octanol–water partition coefficient (Wildman–Crippen LogP) is 2.89. The molecule has 3 aromatic rings. The van der Waals surface area contributed by atoms with Gasteiger partial charge in [-0.15, -0.1) is 0 Å². The van der Waals surface area contributed by atoms with Crippen LogP contribution in [-0.4, -0.2) is 28.4 Å². The molecular weight excluding hydrogens is 390 g/mol. The number of rotatable bonds is 5. The van der Waals surface area contributed by atoms with Gasteiger partial charge in [-0.2, -0.15) is 0 Å². The van der Waals surface area contributed by atoms with Gasteiger partial charge in [0.05, 0.1) is 4.92 Å². The number of carbonyl (C=O) groups is 2. The second-order valence-corrected chi connectivity index (χ2v) is 6.07. The molecule has 0 radical (unpaired) electrons. The summed E-state index contributed by atoms with van der Waals surface area (Å²) >= 11 is 5.71. The van der Waals surface area contributed by atoms with Gasteiger partial charge < -0.3 is 15.0 Å². The molecular formula is C18H12ClN3O6. The maximum absolute atomic E-state index is 12.1. The van der Waals surface area contributed by atoms with E-state index in [2.05, 4.69) is 10.3 Å². The lowest BCUT2D eigenvalue weighted by Gasteiger charge is -2.08. The fraction of sp³-hybridized carbons (Fsp3) is 0.0556. The molecule has 0 atom stereocenters. The topological polar surface area (TPSA) is 131 Å². The molecule has 0 aliphatic heterocycles. The van der Waals surface area contributed by atoms with Gasteiger partial charge >= 0.3 is 5.97 Å². The average molecular weight is 402 g/mol. The van der Waals surface area contributed by atoms with E-state index in [9.17, 15) is 24.5 Å². The molecule has 2 aromatic carbocycles. The van der Waals surface area contributed by atoms with Crippen LogP contribution in [0.15, 0.2) is 53.3 Å². The largest absolute Gasteiger partial charge is 0.451 e. The van der Waals surface area contributed by atoms with E-state index in [1.54, 1.807) is 24.3 Å². The van der Waals surface area contributed by atoms with Gasteiger partial charge in [0, 0.05) is 28.1 Å². The number of esters is 1. The summed E-state index contributed by atoms with van der Waals surface area (Å²) in [6.45, 7) is -0.701. The molecule has 10 heteroatoms. The minimum absolute atomic E-state index is 0.0884. The molecule has 0 bridgehead atoms. The molecule has 142 valence electrons. The smallest absolute Gasteiger partial charge is 0.355 e. The number of aromatic amines is 1. The number of benzene rings is 2. The second-order valence-electron chi connectivity index (χ2n) is 5.64. The Hall–Kier alpha value is -3.72. The molecule has 0 fully saturated rings. The summed E-state index contributed by atoms with van der Waals surface area (Å²) in [5.74, 6) is -1.70. The van der Waals surface area contributed by atoms with Crippen LogP contribution in [-0.2, 0) is 9.53 Å². The number of nitrogens with zero attached hydrogens (tertiary/aromatic N) is 1. The van der Waals surface area contributed by atoms with Crippen LogP contribution < -0.4 is 10.7 Å². The Kier molecular flexibility index (Phi) is 5.37. The summed E-state index contributed by atoms with van der Waals surface area (Å²) in [7, 11) is 0. The molecule has 28 heavy (non-hydrogen) atoms. The minimum atomic E-state index is -0.913. The highest BCUT2D eigenvalue weighted by Gasteiger charge is 2.18. The molecule has 1 amide bonds. The number of hydrogen-bond acceptors (Lipinski definition) is 6. The number of nitro groups is 1. The number of halogens is 1. The molecule has 0 unspecified atom stereocenters. The first-order valence-corrected chi connectivity index (χ1v) is 8.26. The molecule has 0 aliphatic rings. The number of anilines is 1. The lowest BCUT2D eigenvalue weighted by molar-refractivity contribution is -0.383. The van der Waals surface area contributed by atoms with E-state index in [0.29, 0.717) is 10.9 Å². The summed E-state index contributed by atoms with van der Waals surface area (Å²) < 4.78 is 4.87. The fourth-order valence-corrected chi connectivity index (χ4v) is 2.63. The molecule has 0 saturated heterocycles. The molecule has 9 nitrogen and oxygen atoms in total. The quantitative estimate of drug-likeness (QED) is 0.384. The third-order valence-corrected chi connectivity index (χ3v) is 3.96. The number of fused-ring (bicyclic) bond motifs is 1. The maximum Gasteiger partial charge on any atom is 0.355 e. The van der Waals surface area contributed by atoms with E-state index < -0.39 is 29.1 Å². The van der Waals surface area contributed by atoms with Crippen molar-refractivity contribution in [3.8, 4) is 0 Å². The molecule has 0 saturated carbocycles. The van der Waals surface area contributed by atoms with Crippen molar-refractivity contribution in [3.05, 3.63) is 79.6 Å². The number of amides is 1. The first-order chi connectivity index (χ1) is 13.3. The van der Waals surface area contributed by atoms with Crippen LogP contribution in [0.1, 0.15) is 10.5 Å². The Morgan fingerprint density at radius 3 is 2.68 bits per heavy atom. The first kappa shape index (κ1) is 19.1. The summed E-state index contributed by atoms with van der Waals surface area (Å²) in [5.41, 5.74) is -0.527. The lowest BCUT2D eigenvalue weighted by Crippen LogP contribution is -2.22. The standard InChI is InChI=1S/C18H12ClN3O6/c19-10-5-6-13(15(7-10)22(26)27)21-17(24)9-28-18(25)14-8-16(23)11-3-1-2-4-12(11)20-14/h1-8H,9H2,(H,20,23)(H,21,24). The number of aromatic nitrogens is 1. The van der Waals surface area contributed by atoms with Crippen LogP contribution in [0.2, 0.25) is 5.02 Å². The number of pyridine rings is 1. The summed E-state index contributed by atoms with van der Waals surface area (Å²) in [4.78, 5) is 49.2. The molecule has 0 aliphatic carbocycles. The van der Waals surface area contributed by atoms with E-state index in [0.717, 1.165) is 12.1 Å². The molecule has 1 heterocycles. The highest BCUT2D eigenvalue weighted by molar-refractivity contribution is 6.31. The second kappa shape index (κ2) is 7.89. The van der Waals surface area contributed by atoms with Crippen molar-refractivity contribution in [1.82, 2.24) is 4.98 Å². The number of nitro benzene ring substituents is 1. The van der Waals surface area contributed by atoms with E-state index in [4.69, 9.17) is 16.3 Å². The zero-order valence-corrected chi connectivity index (χ0v) is 14.9. The van der Waals surface area contributed by atoms with Gasteiger partial charge in [0.15, 0.2) is 12.0 Å². The summed E-state index contributed by atoms with van der Waals surface area (Å²) in [6, 6.07) is 11.4. The Morgan fingerprint density at radius 1 is 1.18 bits per heavy atom. The Labute approximate surface area is 162 Å². The zero-order valence-electron chi connectivity index (χ0n) is 14.1. The van der Waals surface area contributed by atoms with Crippen molar-refractivity contribution >= 4 is 45.8 Å². The number of ether oxygens (including phenoxy) is 1. The average Bonchev–Trinajstić information content (AvgIpc) is 2.67. The highest BCUT2D eigenvalue weighted by atomic mass is 35.5. The van der Waals surface area contributed by atoms with Gasteiger partial charge in [0.2, 0.25) is 0 Å². The van der Waals surface area contributed by atoms with Crippen molar-refractivity contribution in [2.75, 3.05) is 11.9 Å². The van der Waals surface area contributed by atoms with Gasteiger partial charge in [-0.3, -0.25) is 19.7 Å². The van der Waals surface area contributed by atoms with Gasteiger partial charge in [-0.05, 0) is 24.3 Å². The van der Waals surface area contributed by atoms with Gasteiger partial charge in [-0.1, -0.05) is 23.7 Å². The Bertz CT molecular complexity index is 1160. The fourth-order valence-electron chi connectivity index (χ4n) is 2.46. The Balaban J connectivity index is 1.69. The van der Waals surface area contributed by atoms with Gasteiger partial charge in [-0.25, -0.2) is 4.79 Å². The summed E-state index contributed by atoms with van der Waals surface area (Å²) in [5, 5.41) is 13.8. The molecule has 3 rings (SSSR count). The maximum atomic E-state index is 12.1. The van der Waals surface area contributed by atoms with Crippen LogP contribution in [0.4, 0.5) is 11.4 Å². The number of hydrogen-bond donors (Lipinski definition) is 2. The van der Waals surface area contributed by atoms with Gasteiger partial charge in [0.25, 0.3) is 11.6 Å². The predicted molar refractivity (Wildman–Crippen MR) is 102 cm³/mol. The van der Waals surface area contributed by atoms with Crippen LogP contribution in [0.3, 0.4) is 0 Å². The minimum Gasteiger partial charge on any atom is -0.451 e. The van der Waals surface area contributed by atoms with Crippen molar-refractivity contribution in [1.29, 1.82) is 0 Å². The van der Waals surface area contributed by atoms with Gasteiger partial charge in [0.1, 0.15) is 11.4 Å². The summed E-state index contributed by atoms with van der Waals surface area (Å²) in [6.07, 6.45) is 0. The molecule has 1 aromatic heterocycles. The lowest BCUT2D eigenvalue weighted by atomic mass is 10.2. The number of H-pyrrole nitrogens is 1. The van der Waals surface area contributed by atoms with Crippen molar-refractivity contribution < 1.29 is 19.2 Å². The van der Waals surface area contributed by atoms with Crippen LogP contribution in [0.5, 0.6) is 0 Å². The van der Waals surface area contributed by atoms with E-state index >= 15 is 0 Å². The normalized spacial score (nSPS) is 10.5.